The fourth-order valence-electron chi connectivity index (χ4n) is 1.53. The molecule has 5 nitrogen and oxygen atoms in total. The highest BCUT2D eigenvalue weighted by atomic mass is 32.2. The summed E-state index contributed by atoms with van der Waals surface area (Å²) in [6.45, 7) is 0.512. The second-order valence-electron chi connectivity index (χ2n) is 3.98. The maximum absolute atomic E-state index is 12.0. The lowest BCUT2D eigenvalue weighted by Crippen LogP contribution is -2.29. The summed E-state index contributed by atoms with van der Waals surface area (Å²) in [4.78, 5) is 0. The van der Waals surface area contributed by atoms with Gasteiger partial charge in [0.1, 0.15) is 5.75 Å². The largest absolute Gasteiger partial charge is 0.497 e. The van der Waals surface area contributed by atoms with E-state index in [0.29, 0.717) is 30.8 Å². The minimum absolute atomic E-state index is 0.109. The standard InChI is InChI=1S/C12H20N2O3S/c1-14(18(15,16)9-4-3-8-13)11-6-5-7-12(10-11)17-2/h5-7,10H,3-4,8-9,13H2,1-2H3. The van der Waals surface area contributed by atoms with Crippen molar-refractivity contribution in [2.75, 3.05) is 30.8 Å². The van der Waals surface area contributed by atoms with E-state index in [2.05, 4.69) is 0 Å². The number of hydrogen-bond acceptors (Lipinski definition) is 4. The fourth-order valence-corrected chi connectivity index (χ4v) is 2.81. The molecule has 0 aliphatic heterocycles. The molecule has 0 atom stereocenters. The van der Waals surface area contributed by atoms with Crippen LogP contribution in [0.25, 0.3) is 0 Å². The van der Waals surface area contributed by atoms with Crippen molar-refractivity contribution in [1.82, 2.24) is 0 Å². The molecule has 0 amide bonds. The lowest BCUT2D eigenvalue weighted by Gasteiger charge is -2.19. The highest BCUT2D eigenvalue weighted by molar-refractivity contribution is 7.92. The van der Waals surface area contributed by atoms with Crippen LogP contribution in [-0.2, 0) is 10.0 Å². The summed E-state index contributed by atoms with van der Waals surface area (Å²) < 4.78 is 30.5. The molecule has 0 aromatic heterocycles. The van der Waals surface area contributed by atoms with Crippen LogP contribution in [0.4, 0.5) is 5.69 Å². The Morgan fingerprint density at radius 2 is 2.06 bits per heavy atom. The predicted octanol–water partition coefficient (Wildman–Crippen LogP) is 1.20. The first-order valence-electron chi connectivity index (χ1n) is 5.82. The molecule has 0 saturated carbocycles. The first kappa shape index (κ1) is 14.8. The Balaban J connectivity index is 2.81. The summed E-state index contributed by atoms with van der Waals surface area (Å²) in [5.74, 6) is 0.745. The van der Waals surface area contributed by atoms with E-state index in [1.165, 1.54) is 4.31 Å². The number of nitrogens with two attached hydrogens (primary N) is 1. The average Bonchev–Trinajstić information content (AvgIpc) is 2.38. The smallest absolute Gasteiger partial charge is 0.234 e. The molecule has 0 fully saturated rings. The van der Waals surface area contributed by atoms with Crippen LogP contribution < -0.4 is 14.8 Å². The molecule has 0 radical (unpaired) electrons. The SMILES string of the molecule is COc1cccc(N(C)S(=O)(=O)CCCCN)c1. The molecule has 1 aromatic rings. The molecule has 2 N–H and O–H groups in total. The van der Waals surface area contributed by atoms with Gasteiger partial charge in [-0.25, -0.2) is 8.42 Å². The Kier molecular flexibility index (Phi) is 5.43. The third-order valence-corrected chi connectivity index (χ3v) is 4.54. The lowest BCUT2D eigenvalue weighted by molar-refractivity contribution is 0.415. The van der Waals surface area contributed by atoms with Crippen LogP contribution in [0.2, 0.25) is 0 Å². The molecule has 102 valence electrons. The minimum atomic E-state index is -3.29. The highest BCUT2D eigenvalue weighted by Gasteiger charge is 2.18. The van der Waals surface area contributed by atoms with Gasteiger partial charge in [0.25, 0.3) is 0 Å². The first-order chi connectivity index (χ1) is 8.51. The molecule has 0 spiro atoms. The van der Waals surface area contributed by atoms with Gasteiger partial charge >= 0.3 is 0 Å². The van der Waals surface area contributed by atoms with Gasteiger partial charge in [-0.3, -0.25) is 4.31 Å². The van der Waals surface area contributed by atoms with Gasteiger partial charge in [0.15, 0.2) is 0 Å². The van der Waals surface area contributed by atoms with E-state index >= 15 is 0 Å². The molecule has 0 heterocycles. The number of ether oxygens (including phenoxy) is 1. The third kappa shape index (κ3) is 3.89. The van der Waals surface area contributed by atoms with Gasteiger partial charge in [0.2, 0.25) is 10.0 Å². The summed E-state index contributed by atoms with van der Waals surface area (Å²) in [5, 5.41) is 0. The van der Waals surface area contributed by atoms with Crippen molar-refractivity contribution in [3.63, 3.8) is 0 Å². The summed E-state index contributed by atoms with van der Waals surface area (Å²) in [6.07, 6.45) is 1.29. The highest BCUT2D eigenvalue weighted by Crippen LogP contribution is 2.22. The Morgan fingerprint density at radius 1 is 1.33 bits per heavy atom. The van der Waals surface area contributed by atoms with Gasteiger partial charge < -0.3 is 10.5 Å². The Labute approximate surface area is 109 Å². The Bertz CT molecular complexity index is 474. The first-order valence-corrected chi connectivity index (χ1v) is 7.43. The van der Waals surface area contributed by atoms with E-state index in [0.717, 1.165) is 0 Å². The van der Waals surface area contributed by atoms with Crippen molar-refractivity contribution in [3.8, 4) is 5.75 Å². The normalized spacial score (nSPS) is 11.3. The van der Waals surface area contributed by atoms with Gasteiger partial charge in [-0.2, -0.15) is 0 Å². The van der Waals surface area contributed by atoms with E-state index in [1.807, 2.05) is 0 Å². The number of hydrogen-bond donors (Lipinski definition) is 1. The zero-order valence-corrected chi connectivity index (χ0v) is 11.6. The van der Waals surface area contributed by atoms with Gasteiger partial charge in [0.05, 0.1) is 18.6 Å². The molecule has 0 aliphatic carbocycles. The van der Waals surface area contributed by atoms with Crippen molar-refractivity contribution in [1.29, 1.82) is 0 Å². The molecule has 1 aromatic carbocycles. The second-order valence-corrected chi connectivity index (χ2v) is 6.10. The lowest BCUT2D eigenvalue weighted by atomic mass is 10.3. The predicted molar refractivity (Wildman–Crippen MR) is 73.5 cm³/mol. The number of unbranched alkanes of at least 4 members (excludes halogenated alkanes) is 1. The molecule has 0 bridgehead atoms. The molecule has 18 heavy (non-hydrogen) atoms. The van der Waals surface area contributed by atoms with Crippen molar-refractivity contribution >= 4 is 15.7 Å². The van der Waals surface area contributed by atoms with Gasteiger partial charge in [-0.15, -0.1) is 0 Å². The zero-order chi connectivity index (χ0) is 13.6. The number of anilines is 1. The number of nitrogens with zero attached hydrogens (tertiary/aromatic N) is 1. The molecular formula is C12H20N2O3S. The van der Waals surface area contributed by atoms with Crippen molar-refractivity contribution in [3.05, 3.63) is 24.3 Å². The molecule has 0 aliphatic rings. The summed E-state index contributed by atoms with van der Waals surface area (Å²) in [5.41, 5.74) is 5.96. The number of benzene rings is 1. The Hall–Kier alpha value is -1.27. The van der Waals surface area contributed by atoms with Crippen LogP contribution in [-0.4, -0.2) is 34.9 Å². The van der Waals surface area contributed by atoms with E-state index in [4.69, 9.17) is 10.5 Å². The van der Waals surface area contributed by atoms with Crippen LogP contribution in [0, 0.1) is 0 Å². The number of rotatable bonds is 7. The van der Waals surface area contributed by atoms with Crippen LogP contribution in [0.1, 0.15) is 12.8 Å². The molecule has 6 heteroatoms. The monoisotopic (exact) mass is 272 g/mol. The third-order valence-electron chi connectivity index (χ3n) is 2.69. The van der Waals surface area contributed by atoms with E-state index in [9.17, 15) is 8.42 Å². The maximum Gasteiger partial charge on any atom is 0.234 e. The molecule has 0 saturated heterocycles. The summed E-state index contributed by atoms with van der Waals surface area (Å²) >= 11 is 0. The number of sulfonamides is 1. The van der Waals surface area contributed by atoms with Gasteiger partial charge in [-0.05, 0) is 31.5 Å². The Morgan fingerprint density at radius 3 is 2.67 bits per heavy atom. The van der Waals surface area contributed by atoms with Crippen molar-refractivity contribution in [2.24, 2.45) is 5.73 Å². The van der Waals surface area contributed by atoms with Crippen LogP contribution in [0.15, 0.2) is 24.3 Å². The van der Waals surface area contributed by atoms with Crippen LogP contribution in [0.5, 0.6) is 5.75 Å². The molecule has 0 unspecified atom stereocenters. The molecular weight excluding hydrogens is 252 g/mol. The summed E-state index contributed by atoms with van der Waals surface area (Å²) in [7, 11) is -0.190. The van der Waals surface area contributed by atoms with Gasteiger partial charge in [0, 0.05) is 13.1 Å². The van der Waals surface area contributed by atoms with E-state index in [1.54, 1.807) is 38.4 Å². The minimum Gasteiger partial charge on any atom is -0.497 e. The van der Waals surface area contributed by atoms with E-state index in [-0.39, 0.29) is 5.75 Å². The van der Waals surface area contributed by atoms with Crippen LogP contribution in [0.3, 0.4) is 0 Å². The summed E-state index contributed by atoms with van der Waals surface area (Å²) in [6, 6.07) is 6.97. The quantitative estimate of drug-likeness (QED) is 0.757. The van der Waals surface area contributed by atoms with Crippen molar-refractivity contribution < 1.29 is 13.2 Å². The van der Waals surface area contributed by atoms with Crippen molar-refractivity contribution in [2.45, 2.75) is 12.8 Å². The average molecular weight is 272 g/mol. The second kappa shape index (κ2) is 6.61. The van der Waals surface area contributed by atoms with E-state index < -0.39 is 10.0 Å². The topological polar surface area (TPSA) is 72.6 Å². The number of methoxy groups -OCH3 is 1. The fraction of sp³-hybridized carbons (Fsp3) is 0.500. The zero-order valence-electron chi connectivity index (χ0n) is 10.8. The van der Waals surface area contributed by atoms with Gasteiger partial charge in [-0.1, -0.05) is 6.07 Å². The maximum atomic E-state index is 12.0. The van der Waals surface area contributed by atoms with Crippen LogP contribution >= 0.6 is 0 Å². The molecule has 1 rings (SSSR count).